The number of nitrogens with one attached hydrogen (secondary N) is 1. The van der Waals surface area contributed by atoms with E-state index in [1.54, 1.807) is 0 Å². The average Bonchev–Trinajstić information content (AvgIpc) is 2.00. The number of likely N-dealkylation sites (N-methyl/N-ethyl adjacent to an activating group) is 1. The second-order valence-corrected chi connectivity index (χ2v) is 4.18. The molecule has 0 fully saturated rings. The van der Waals surface area contributed by atoms with E-state index in [0.29, 0.717) is 0 Å². The van der Waals surface area contributed by atoms with Crippen LogP contribution in [0.2, 0.25) is 0 Å². The number of nitrogens with zero attached hydrogens (tertiary/aromatic N) is 1. The zero-order valence-corrected chi connectivity index (χ0v) is 9.55. The standard InChI is InChI=1S/C8H16IN2/c1-8(5-6-9-2)11(4)7-10-3/h5-6,10H,1,7H2,2-4H3/q-1/b6-5-. The molecule has 1 N–H and O–H groups in total. The number of halogens is 1. The van der Waals surface area contributed by atoms with E-state index in [-0.39, 0.29) is 21.2 Å². The average molecular weight is 267 g/mol. The minimum atomic E-state index is 0.250. The first-order valence-corrected chi connectivity index (χ1v) is 6.82. The van der Waals surface area contributed by atoms with Crippen molar-refractivity contribution in [2.24, 2.45) is 0 Å². The summed E-state index contributed by atoms with van der Waals surface area (Å²) >= 11 is 0.250. The van der Waals surface area contributed by atoms with Gasteiger partial charge < -0.3 is 0 Å². The Hall–Kier alpha value is -0.0300. The van der Waals surface area contributed by atoms with Gasteiger partial charge >= 0.3 is 79.6 Å². The Morgan fingerprint density at radius 3 is 2.82 bits per heavy atom. The van der Waals surface area contributed by atoms with Gasteiger partial charge in [-0.15, -0.1) is 0 Å². The van der Waals surface area contributed by atoms with Gasteiger partial charge in [-0.3, -0.25) is 0 Å². The Bertz CT molecular complexity index is 143. The number of hydrogen-bond donors (Lipinski definition) is 1. The van der Waals surface area contributed by atoms with Gasteiger partial charge in [-0.05, 0) is 0 Å². The molecule has 0 aromatic heterocycles. The number of alkyl halides is 1. The van der Waals surface area contributed by atoms with E-state index in [4.69, 9.17) is 0 Å². The van der Waals surface area contributed by atoms with Gasteiger partial charge in [0, 0.05) is 0 Å². The summed E-state index contributed by atoms with van der Waals surface area (Å²) in [6.07, 6.45) is 2.09. The predicted octanol–water partition coefficient (Wildman–Crippen LogP) is -2.16. The van der Waals surface area contributed by atoms with Crippen molar-refractivity contribution < 1.29 is 21.2 Å². The summed E-state index contributed by atoms with van der Waals surface area (Å²) in [5.41, 5.74) is 1.07. The van der Waals surface area contributed by atoms with Crippen LogP contribution in [0.4, 0.5) is 0 Å². The molecule has 0 aromatic carbocycles. The fourth-order valence-corrected chi connectivity index (χ4v) is 1.38. The number of rotatable bonds is 5. The Kier molecular flexibility index (Phi) is 6.65. The van der Waals surface area contributed by atoms with Crippen LogP contribution in [0, 0.1) is 0 Å². The fraction of sp³-hybridized carbons (Fsp3) is 0.500. The molecule has 0 aliphatic rings. The first kappa shape index (κ1) is 11.0. The van der Waals surface area contributed by atoms with Crippen LogP contribution < -0.4 is 26.5 Å². The molecule has 0 aromatic rings. The molecule has 11 heavy (non-hydrogen) atoms. The van der Waals surface area contributed by atoms with Crippen molar-refractivity contribution in [3.8, 4) is 0 Å². The molecule has 0 saturated carbocycles. The van der Waals surface area contributed by atoms with Crippen molar-refractivity contribution in [1.29, 1.82) is 0 Å². The molecule has 0 aliphatic heterocycles. The van der Waals surface area contributed by atoms with Crippen LogP contribution in [0.15, 0.2) is 22.4 Å². The van der Waals surface area contributed by atoms with Gasteiger partial charge in [0.25, 0.3) is 0 Å². The van der Waals surface area contributed by atoms with Crippen molar-refractivity contribution in [2.75, 3.05) is 25.7 Å². The van der Waals surface area contributed by atoms with E-state index in [2.05, 4.69) is 31.9 Å². The van der Waals surface area contributed by atoms with Crippen LogP contribution in [-0.2, 0) is 0 Å². The summed E-state index contributed by atoms with van der Waals surface area (Å²) in [4.78, 5) is 4.30. The molecule has 66 valence electrons. The second kappa shape index (κ2) is 6.67. The fourth-order valence-electron chi connectivity index (χ4n) is 0.602. The van der Waals surface area contributed by atoms with E-state index in [0.717, 1.165) is 12.4 Å². The summed E-state index contributed by atoms with van der Waals surface area (Å²) in [5.74, 6) is 0. The molecule has 0 spiro atoms. The van der Waals surface area contributed by atoms with Crippen molar-refractivity contribution >= 4 is 0 Å². The topological polar surface area (TPSA) is 15.3 Å². The maximum absolute atomic E-state index is 3.93. The normalized spacial score (nSPS) is 10.8. The van der Waals surface area contributed by atoms with Crippen molar-refractivity contribution in [3.05, 3.63) is 22.4 Å². The van der Waals surface area contributed by atoms with Crippen LogP contribution in [0.25, 0.3) is 0 Å². The zero-order chi connectivity index (χ0) is 8.69. The van der Waals surface area contributed by atoms with Gasteiger partial charge in [-0.1, -0.05) is 0 Å². The van der Waals surface area contributed by atoms with Gasteiger partial charge in [0.1, 0.15) is 0 Å². The molecule has 0 bridgehead atoms. The molecule has 0 aliphatic carbocycles. The van der Waals surface area contributed by atoms with Gasteiger partial charge in [-0.25, -0.2) is 0 Å². The SMILES string of the molecule is C=C(/C=C\[I-]C)N(C)CNC. The zero-order valence-electron chi connectivity index (χ0n) is 7.39. The van der Waals surface area contributed by atoms with Gasteiger partial charge in [-0.2, -0.15) is 0 Å². The Morgan fingerprint density at radius 2 is 2.36 bits per heavy atom. The molecule has 0 atom stereocenters. The summed E-state index contributed by atoms with van der Waals surface area (Å²) in [6.45, 7) is 4.78. The quantitative estimate of drug-likeness (QED) is 0.264. The molecule has 0 unspecified atom stereocenters. The monoisotopic (exact) mass is 267 g/mol. The molecule has 0 rings (SSSR count). The molecule has 0 saturated heterocycles. The Morgan fingerprint density at radius 1 is 1.73 bits per heavy atom. The summed E-state index contributed by atoms with van der Waals surface area (Å²) in [7, 11) is 3.96. The molecular weight excluding hydrogens is 251 g/mol. The van der Waals surface area contributed by atoms with Gasteiger partial charge in [0.05, 0.1) is 0 Å². The molecule has 0 radical (unpaired) electrons. The van der Waals surface area contributed by atoms with Gasteiger partial charge in [0.2, 0.25) is 0 Å². The van der Waals surface area contributed by atoms with E-state index in [9.17, 15) is 0 Å². The third-order valence-corrected chi connectivity index (χ3v) is 2.35. The van der Waals surface area contributed by atoms with Crippen LogP contribution in [-0.4, -0.2) is 30.6 Å². The molecular formula is C8H16IN2-. The molecule has 0 heterocycles. The molecule has 2 nitrogen and oxygen atoms in total. The van der Waals surface area contributed by atoms with Crippen LogP contribution in [0.5, 0.6) is 0 Å². The van der Waals surface area contributed by atoms with Crippen LogP contribution in [0.3, 0.4) is 0 Å². The van der Waals surface area contributed by atoms with E-state index >= 15 is 0 Å². The number of hydrogen-bond acceptors (Lipinski definition) is 2. The Balaban J connectivity index is 3.72. The second-order valence-electron chi connectivity index (χ2n) is 2.21. The third-order valence-electron chi connectivity index (χ3n) is 1.27. The summed E-state index contributed by atoms with van der Waals surface area (Å²) in [5, 5.41) is 3.06. The predicted molar refractivity (Wildman–Crippen MR) is 45.9 cm³/mol. The summed E-state index contributed by atoms with van der Waals surface area (Å²) in [6, 6.07) is 0. The Labute approximate surface area is 79.6 Å². The van der Waals surface area contributed by atoms with Crippen LogP contribution >= 0.6 is 0 Å². The van der Waals surface area contributed by atoms with Crippen molar-refractivity contribution in [1.82, 2.24) is 10.2 Å². The summed E-state index contributed by atoms with van der Waals surface area (Å²) < 4.78 is 2.22. The molecule has 3 heteroatoms. The number of allylic oxidation sites excluding steroid dienone is 1. The first-order valence-electron chi connectivity index (χ1n) is 3.41. The van der Waals surface area contributed by atoms with E-state index < -0.39 is 0 Å². The maximum atomic E-state index is 3.93. The third kappa shape index (κ3) is 5.26. The van der Waals surface area contributed by atoms with Crippen molar-refractivity contribution in [3.63, 3.8) is 0 Å². The van der Waals surface area contributed by atoms with E-state index in [1.807, 2.05) is 14.1 Å². The van der Waals surface area contributed by atoms with Crippen molar-refractivity contribution in [2.45, 2.75) is 0 Å². The minimum absolute atomic E-state index is 0.250. The van der Waals surface area contributed by atoms with Crippen LogP contribution in [0.1, 0.15) is 0 Å². The van der Waals surface area contributed by atoms with E-state index in [1.165, 1.54) is 0 Å². The van der Waals surface area contributed by atoms with Gasteiger partial charge in [0.15, 0.2) is 0 Å². The first-order chi connectivity index (χ1) is 5.22. The molecule has 0 amide bonds.